The van der Waals surface area contributed by atoms with E-state index in [0.29, 0.717) is 12.1 Å². The van der Waals surface area contributed by atoms with E-state index in [9.17, 15) is 4.79 Å². The molecule has 2 rings (SSSR count). The molecular formula is C15H17BrN2OS. The zero-order valence-electron chi connectivity index (χ0n) is 11.5. The normalized spacial score (nSPS) is 12.4. The lowest BCUT2D eigenvalue weighted by Gasteiger charge is -2.23. The summed E-state index contributed by atoms with van der Waals surface area (Å²) in [5.41, 5.74) is 0.678. The lowest BCUT2D eigenvalue weighted by Crippen LogP contribution is -2.34. The summed E-state index contributed by atoms with van der Waals surface area (Å²) in [6.07, 6.45) is 0. The van der Waals surface area contributed by atoms with Gasteiger partial charge in [-0.3, -0.25) is 4.79 Å². The summed E-state index contributed by atoms with van der Waals surface area (Å²) in [4.78, 5) is 15.5. The SMILES string of the molecule is CN(C)[C@H](CNC(=O)c1ccc(Br)cc1)c1cccs1. The van der Waals surface area contributed by atoms with Gasteiger partial charge in [-0.25, -0.2) is 0 Å². The molecule has 0 radical (unpaired) electrons. The van der Waals surface area contributed by atoms with E-state index in [1.54, 1.807) is 11.3 Å². The number of thiophene rings is 1. The fourth-order valence-corrected chi connectivity index (χ4v) is 3.10. The number of rotatable bonds is 5. The van der Waals surface area contributed by atoms with Gasteiger partial charge < -0.3 is 10.2 Å². The highest BCUT2D eigenvalue weighted by molar-refractivity contribution is 9.10. The second-order valence-electron chi connectivity index (χ2n) is 4.71. The topological polar surface area (TPSA) is 32.3 Å². The van der Waals surface area contributed by atoms with Gasteiger partial charge in [0.1, 0.15) is 0 Å². The lowest BCUT2D eigenvalue weighted by molar-refractivity contribution is 0.0942. The number of likely N-dealkylation sites (N-methyl/N-ethyl adjacent to an activating group) is 1. The minimum Gasteiger partial charge on any atom is -0.350 e. The number of nitrogens with one attached hydrogen (secondary N) is 1. The molecule has 0 aliphatic rings. The molecule has 5 heteroatoms. The monoisotopic (exact) mass is 352 g/mol. The van der Waals surface area contributed by atoms with Crippen LogP contribution >= 0.6 is 27.3 Å². The van der Waals surface area contributed by atoms with E-state index in [4.69, 9.17) is 0 Å². The van der Waals surface area contributed by atoms with Gasteiger partial charge in [-0.2, -0.15) is 0 Å². The molecule has 3 nitrogen and oxygen atoms in total. The second kappa shape index (κ2) is 7.02. The highest BCUT2D eigenvalue weighted by atomic mass is 79.9. The quantitative estimate of drug-likeness (QED) is 0.892. The van der Waals surface area contributed by atoms with Crippen molar-refractivity contribution in [3.63, 3.8) is 0 Å². The Labute approximate surface area is 131 Å². The standard InChI is InChI=1S/C15H17BrN2OS/c1-18(2)13(14-4-3-9-20-14)10-17-15(19)11-5-7-12(16)8-6-11/h3-9,13H,10H2,1-2H3,(H,17,19)/t13-/m1/s1. The van der Waals surface area contributed by atoms with E-state index in [-0.39, 0.29) is 11.9 Å². The first kappa shape index (κ1) is 15.2. The van der Waals surface area contributed by atoms with Gasteiger partial charge in [0.15, 0.2) is 0 Å². The van der Waals surface area contributed by atoms with Crippen LogP contribution in [0.2, 0.25) is 0 Å². The Hall–Kier alpha value is -1.17. The molecule has 1 aromatic carbocycles. The maximum Gasteiger partial charge on any atom is 0.251 e. The van der Waals surface area contributed by atoms with Crippen molar-refractivity contribution >= 4 is 33.2 Å². The van der Waals surface area contributed by atoms with Crippen molar-refractivity contribution < 1.29 is 4.79 Å². The van der Waals surface area contributed by atoms with Crippen LogP contribution in [0.25, 0.3) is 0 Å². The number of hydrogen-bond donors (Lipinski definition) is 1. The third-order valence-corrected chi connectivity index (χ3v) is 4.56. The molecule has 20 heavy (non-hydrogen) atoms. The van der Waals surface area contributed by atoms with Gasteiger partial charge >= 0.3 is 0 Å². The molecule has 0 fully saturated rings. The first-order valence-corrected chi connectivity index (χ1v) is 7.99. The van der Waals surface area contributed by atoms with Crippen molar-refractivity contribution in [1.82, 2.24) is 10.2 Å². The number of amides is 1. The van der Waals surface area contributed by atoms with Crippen LogP contribution in [0.3, 0.4) is 0 Å². The molecule has 2 aromatic rings. The van der Waals surface area contributed by atoms with Gasteiger partial charge in [-0.1, -0.05) is 22.0 Å². The van der Waals surface area contributed by atoms with Gasteiger partial charge in [0.2, 0.25) is 0 Å². The zero-order chi connectivity index (χ0) is 14.5. The highest BCUT2D eigenvalue weighted by Gasteiger charge is 2.16. The third-order valence-electron chi connectivity index (χ3n) is 3.06. The Kier molecular flexibility index (Phi) is 5.34. The van der Waals surface area contributed by atoms with Crippen molar-refractivity contribution in [3.8, 4) is 0 Å². The molecule has 1 atom stereocenters. The summed E-state index contributed by atoms with van der Waals surface area (Å²) in [7, 11) is 4.05. The first-order valence-electron chi connectivity index (χ1n) is 6.31. The Morgan fingerprint density at radius 1 is 1.30 bits per heavy atom. The molecule has 0 unspecified atom stereocenters. The summed E-state index contributed by atoms with van der Waals surface area (Å²) < 4.78 is 0.971. The first-order chi connectivity index (χ1) is 9.58. The van der Waals surface area contributed by atoms with Crippen molar-refractivity contribution in [2.75, 3.05) is 20.6 Å². The van der Waals surface area contributed by atoms with Crippen LogP contribution in [0, 0.1) is 0 Å². The lowest BCUT2D eigenvalue weighted by atomic mass is 10.2. The molecule has 1 amide bonds. The number of hydrogen-bond acceptors (Lipinski definition) is 3. The molecule has 106 valence electrons. The summed E-state index contributed by atoms with van der Waals surface area (Å²) in [5, 5.41) is 5.06. The summed E-state index contributed by atoms with van der Waals surface area (Å²) in [6, 6.07) is 11.7. The molecule has 1 N–H and O–H groups in total. The highest BCUT2D eigenvalue weighted by Crippen LogP contribution is 2.22. The van der Waals surface area contributed by atoms with E-state index in [1.165, 1.54) is 4.88 Å². The molecule has 0 bridgehead atoms. The molecule has 0 spiro atoms. The van der Waals surface area contributed by atoms with Gasteiger partial charge in [0.05, 0.1) is 6.04 Å². The molecule has 1 heterocycles. The van der Waals surface area contributed by atoms with E-state index >= 15 is 0 Å². The van der Waals surface area contributed by atoms with Crippen LogP contribution in [-0.4, -0.2) is 31.4 Å². The predicted octanol–water partition coefficient (Wildman–Crippen LogP) is 3.54. The maximum atomic E-state index is 12.1. The van der Waals surface area contributed by atoms with Crippen LogP contribution in [-0.2, 0) is 0 Å². The second-order valence-corrected chi connectivity index (χ2v) is 6.61. The van der Waals surface area contributed by atoms with Crippen LogP contribution < -0.4 is 5.32 Å². The smallest absolute Gasteiger partial charge is 0.251 e. The van der Waals surface area contributed by atoms with Crippen LogP contribution in [0.1, 0.15) is 21.3 Å². The van der Waals surface area contributed by atoms with Crippen molar-refractivity contribution in [2.45, 2.75) is 6.04 Å². The summed E-state index contributed by atoms with van der Waals surface area (Å²) in [5.74, 6) is -0.0408. The van der Waals surface area contributed by atoms with Crippen LogP contribution in [0.5, 0.6) is 0 Å². The van der Waals surface area contributed by atoms with E-state index in [2.05, 4.69) is 37.6 Å². The Bertz CT molecular complexity index is 552. The van der Waals surface area contributed by atoms with Crippen molar-refractivity contribution in [1.29, 1.82) is 0 Å². The average molecular weight is 353 g/mol. The number of nitrogens with zero attached hydrogens (tertiary/aromatic N) is 1. The fourth-order valence-electron chi connectivity index (χ4n) is 1.91. The number of halogens is 1. The Morgan fingerprint density at radius 3 is 2.55 bits per heavy atom. The van der Waals surface area contributed by atoms with Gasteiger partial charge in [-0.15, -0.1) is 11.3 Å². The van der Waals surface area contributed by atoms with Gasteiger partial charge in [0, 0.05) is 21.5 Å². The van der Waals surface area contributed by atoms with Gasteiger partial charge in [-0.05, 0) is 49.8 Å². The summed E-state index contributed by atoms with van der Waals surface area (Å²) in [6.45, 7) is 0.600. The molecule has 0 aliphatic heterocycles. The van der Waals surface area contributed by atoms with Gasteiger partial charge in [0.25, 0.3) is 5.91 Å². The Morgan fingerprint density at radius 2 is 2.00 bits per heavy atom. The molecule has 1 aromatic heterocycles. The van der Waals surface area contributed by atoms with E-state index in [0.717, 1.165) is 4.47 Å². The minimum atomic E-state index is -0.0408. The summed E-state index contributed by atoms with van der Waals surface area (Å²) >= 11 is 5.07. The van der Waals surface area contributed by atoms with E-state index < -0.39 is 0 Å². The maximum absolute atomic E-state index is 12.1. The average Bonchev–Trinajstić information content (AvgIpc) is 2.93. The third kappa shape index (κ3) is 3.91. The molecule has 0 aliphatic carbocycles. The Balaban J connectivity index is 1.99. The molecule has 0 saturated heterocycles. The number of carbonyl (C=O) groups is 1. The largest absolute Gasteiger partial charge is 0.350 e. The van der Waals surface area contributed by atoms with Crippen LogP contribution in [0.4, 0.5) is 0 Å². The van der Waals surface area contributed by atoms with Crippen molar-refractivity contribution in [2.24, 2.45) is 0 Å². The molecule has 0 saturated carbocycles. The van der Waals surface area contributed by atoms with Crippen molar-refractivity contribution in [3.05, 3.63) is 56.7 Å². The fraction of sp³-hybridized carbons (Fsp3) is 0.267. The zero-order valence-corrected chi connectivity index (χ0v) is 13.9. The van der Waals surface area contributed by atoms with E-state index in [1.807, 2.05) is 44.4 Å². The minimum absolute atomic E-state index is 0.0408. The molecular weight excluding hydrogens is 336 g/mol. The van der Waals surface area contributed by atoms with Crippen LogP contribution in [0.15, 0.2) is 46.3 Å². The predicted molar refractivity (Wildman–Crippen MR) is 87.2 cm³/mol. The number of carbonyl (C=O) groups excluding carboxylic acids is 1. The number of benzene rings is 1.